The number of benzene rings is 1. The van der Waals surface area contributed by atoms with Crippen LogP contribution in [0.25, 0.3) is 0 Å². The lowest BCUT2D eigenvalue weighted by atomic mass is 10.2. The van der Waals surface area contributed by atoms with Crippen LogP contribution >= 0.6 is 22.6 Å². The molecule has 0 bridgehead atoms. The number of aliphatic hydroxyl groups excluding tert-OH is 1. The lowest BCUT2D eigenvalue weighted by Gasteiger charge is -2.26. The molecule has 116 valence electrons. The van der Waals surface area contributed by atoms with Crippen molar-refractivity contribution in [3.63, 3.8) is 0 Å². The van der Waals surface area contributed by atoms with E-state index in [1.807, 2.05) is 38.4 Å². The minimum atomic E-state index is -0.334. The summed E-state index contributed by atoms with van der Waals surface area (Å²) in [4.78, 5) is 16.4. The number of anilines is 1. The molecule has 2 rings (SSSR count). The Balaban J connectivity index is 1.93. The molecule has 1 amide bonds. The molecule has 1 aromatic rings. The molecule has 0 radical (unpaired) electrons. The molecule has 0 aromatic heterocycles. The van der Waals surface area contributed by atoms with Gasteiger partial charge in [-0.3, -0.25) is 9.69 Å². The maximum absolute atomic E-state index is 12.2. The summed E-state index contributed by atoms with van der Waals surface area (Å²) in [5, 5.41) is 12.8. The highest BCUT2D eigenvalue weighted by Crippen LogP contribution is 2.20. The fraction of sp³-hybridized carbons (Fsp3) is 0.533. The van der Waals surface area contributed by atoms with Gasteiger partial charge < -0.3 is 15.3 Å². The number of aliphatic hydroxyl groups is 1. The first kappa shape index (κ1) is 16.7. The van der Waals surface area contributed by atoms with Crippen LogP contribution in [0.4, 0.5) is 5.69 Å². The van der Waals surface area contributed by atoms with E-state index in [1.165, 1.54) is 0 Å². The summed E-state index contributed by atoms with van der Waals surface area (Å²) in [5.74, 6) is -0.0306. The molecule has 2 atom stereocenters. The Bertz CT molecular complexity index is 496. The van der Waals surface area contributed by atoms with Crippen molar-refractivity contribution in [2.45, 2.75) is 18.6 Å². The predicted molar refractivity (Wildman–Crippen MR) is 92.3 cm³/mol. The van der Waals surface area contributed by atoms with E-state index in [-0.39, 0.29) is 18.1 Å². The minimum absolute atomic E-state index is 0.0306. The summed E-state index contributed by atoms with van der Waals surface area (Å²) in [6, 6.07) is 7.95. The topological polar surface area (TPSA) is 55.8 Å². The van der Waals surface area contributed by atoms with E-state index in [4.69, 9.17) is 0 Å². The van der Waals surface area contributed by atoms with E-state index < -0.39 is 0 Å². The number of carbonyl (C=O) groups is 1. The van der Waals surface area contributed by atoms with Crippen LogP contribution in [-0.2, 0) is 4.79 Å². The highest BCUT2D eigenvalue weighted by atomic mass is 127. The van der Waals surface area contributed by atoms with Gasteiger partial charge in [0, 0.05) is 22.7 Å². The maximum atomic E-state index is 12.2. The molecule has 1 aliphatic heterocycles. The first-order chi connectivity index (χ1) is 9.95. The van der Waals surface area contributed by atoms with Gasteiger partial charge in [0.25, 0.3) is 0 Å². The van der Waals surface area contributed by atoms with Gasteiger partial charge in [-0.1, -0.05) is 12.1 Å². The summed E-state index contributed by atoms with van der Waals surface area (Å²) in [7, 11) is 4.02. The molecule has 2 N–H and O–H groups in total. The van der Waals surface area contributed by atoms with Crippen LogP contribution in [0.5, 0.6) is 0 Å². The van der Waals surface area contributed by atoms with Gasteiger partial charge in [-0.25, -0.2) is 0 Å². The summed E-state index contributed by atoms with van der Waals surface area (Å²) in [5.41, 5.74) is 0.840. The number of para-hydroxylation sites is 1. The number of β-amino-alcohol motifs (C(OH)–C–C–N with tert-alkyl or cyclic N) is 1. The highest BCUT2D eigenvalue weighted by Gasteiger charge is 2.32. The van der Waals surface area contributed by atoms with Gasteiger partial charge >= 0.3 is 0 Å². The van der Waals surface area contributed by atoms with Gasteiger partial charge in [0.15, 0.2) is 0 Å². The third kappa shape index (κ3) is 4.91. The Hall–Kier alpha value is -0.700. The molecular formula is C15H22IN3O2. The zero-order valence-corrected chi connectivity index (χ0v) is 14.6. The number of halogens is 1. The van der Waals surface area contributed by atoms with Crippen molar-refractivity contribution in [1.82, 2.24) is 9.80 Å². The highest BCUT2D eigenvalue weighted by molar-refractivity contribution is 14.1. The fourth-order valence-corrected chi connectivity index (χ4v) is 3.22. The van der Waals surface area contributed by atoms with E-state index in [0.29, 0.717) is 13.1 Å². The van der Waals surface area contributed by atoms with E-state index in [2.05, 4.69) is 37.7 Å². The molecule has 0 spiro atoms. The van der Waals surface area contributed by atoms with Crippen LogP contribution in [0.2, 0.25) is 0 Å². The SMILES string of the molecule is CN(C)CC1CC(O)CN1CC(=O)Nc1ccccc1I. The van der Waals surface area contributed by atoms with Gasteiger partial charge in [-0.2, -0.15) is 0 Å². The van der Waals surface area contributed by atoms with Crippen molar-refractivity contribution >= 4 is 34.2 Å². The number of nitrogens with zero attached hydrogens (tertiary/aromatic N) is 2. The van der Waals surface area contributed by atoms with Gasteiger partial charge in [-0.15, -0.1) is 0 Å². The van der Waals surface area contributed by atoms with Crippen LogP contribution in [0.1, 0.15) is 6.42 Å². The quantitative estimate of drug-likeness (QED) is 0.727. The van der Waals surface area contributed by atoms with Crippen molar-refractivity contribution in [2.24, 2.45) is 0 Å². The van der Waals surface area contributed by atoms with Crippen molar-refractivity contribution in [3.8, 4) is 0 Å². The average molecular weight is 403 g/mol. The Kier molecular flexibility index (Phi) is 5.98. The summed E-state index contributed by atoms with van der Waals surface area (Å²) in [6.07, 6.45) is 0.397. The summed E-state index contributed by atoms with van der Waals surface area (Å²) in [6.45, 7) is 1.74. The fourth-order valence-electron chi connectivity index (χ4n) is 2.70. The monoisotopic (exact) mass is 403 g/mol. The number of hydrogen-bond acceptors (Lipinski definition) is 4. The summed E-state index contributed by atoms with van der Waals surface area (Å²) < 4.78 is 1.02. The molecule has 0 saturated carbocycles. The van der Waals surface area contributed by atoms with Crippen LogP contribution in [-0.4, -0.2) is 66.7 Å². The minimum Gasteiger partial charge on any atom is -0.392 e. The van der Waals surface area contributed by atoms with Crippen molar-refractivity contribution in [2.75, 3.05) is 39.0 Å². The second kappa shape index (κ2) is 7.53. The predicted octanol–water partition coefficient (Wildman–Crippen LogP) is 1.23. The van der Waals surface area contributed by atoms with Crippen molar-refractivity contribution < 1.29 is 9.90 Å². The molecule has 21 heavy (non-hydrogen) atoms. The number of nitrogens with one attached hydrogen (secondary N) is 1. The maximum Gasteiger partial charge on any atom is 0.238 e. The molecule has 6 heteroatoms. The van der Waals surface area contributed by atoms with Crippen LogP contribution < -0.4 is 5.32 Å². The Morgan fingerprint density at radius 1 is 1.48 bits per heavy atom. The van der Waals surface area contributed by atoms with Crippen LogP contribution in [0.3, 0.4) is 0 Å². The average Bonchev–Trinajstić information content (AvgIpc) is 2.71. The van der Waals surface area contributed by atoms with Gasteiger partial charge in [0.1, 0.15) is 0 Å². The molecule has 1 aromatic carbocycles. The van der Waals surface area contributed by atoms with Crippen LogP contribution in [0.15, 0.2) is 24.3 Å². The smallest absolute Gasteiger partial charge is 0.238 e. The number of carbonyl (C=O) groups excluding carboxylic acids is 1. The zero-order chi connectivity index (χ0) is 15.4. The number of likely N-dealkylation sites (N-methyl/N-ethyl adjacent to an activating group) is 1. The third-order valence-corrected chi connectivity index (χ3v) is 4.52. The molecule has 2 unspecified atom stereocenters. The van der Waals surface area contributed by atoms with Gasteiger partial charge in [-0.05, 0) is 55.2 Å². The zero-order valence-electron chi connectivity index (χ0n) is 12.4. The van der Waals surface area contributed by atoms with Gasteiger partial charge in [0.2, 0.25) is 5.91 Å². The second-order valence-corrected chi connectivity index (χ2v) is 6.93. The first-order valence-corrected chi connectivity index (χ1v) is 8.15. The van der Waals surface area contributed by atoms with Gasteiger partial charge in [0.05, 0.1) is 18.3 Å². The number of amides is 1. The second-order valence-electron chi connectivity index (χ2n) is 5.76. The molecule has 1 fully saturated rings. The standard InChI is InChI=1S/C15H22IN3O2/c1-18(2)8-11-7-12(20)9-19(11)10-15(21)17-14-6-4-3-5-13(14)16/h3-6,11-12,20H,7-10H2,1-2H3,(H,17,21). The van der Waals surface area contributed by atoms with Crippen LogP contribution in [0, 0.1) is 3.57 Å². The Labute approximate surface area is 139 Å². The van der Waals surface area contributed by atoms with E-state index >= 15 is 0 Å². The summed E-state index contributed by atoms with van der Waals surface area (Å²) >= 11 is 2.21. The molecule has 1 saturated heterocycles. The van der Waals surface area contributed by atoms with Crippen molar-refractivity contribution in [1.29, 1.82) is 0 Å². The lowest BCUT2D eigenvalue weighted by molar-refractivity contribution is -0.117. The normalized spacial score (nSPS) is 22.7. The Morgan fingerprint density at radius 3 is 2.86 bits per heavy atom. The van der Waals surface area contributed by atoms with E-state index in [0.717, 1.165) is 22.2 Å². The molecule has 1 aliphatic rings. The van der Waals surface area contributed by atoms with E-state index in [9.17, 15) is 9.90 Å². The number of rotatable bonds is 5. The number of likely N-dealkylation sites (tertiary alicyclic amines) is 1. The lowest BCUT2D eigenvalue weighted by Crippen LogP contribution is -2.41. The van der Waals surface area contributed by atoms with Crippen molar-refractivity contribution in [3.05, 3.63) is 27.8 Å². The molecular weight excluding hydrogens is 381 g/mol. The molecule has 1 heterocycles. The largest absolute Gasteiger partial charge is 0.392 e. The number of hydrogen-bond donors (Lipinski definition) is 2. The van der Waals surface area contributed by atoms with E-state index in [1.54, 1.807) is 0 Å². The molecule has 5 nitrogen and oxygen atoms in total. The molecule has 0 aliphatic carbocycles. The first-order valence-electron chi connectivity index (χ1n) is 7.07. The third-order valence-electron chi connectivity index (χ3n) is 3.58. The Morgan fingerprint density at radius 2 is 2.19 bits per heavy atom.